The number of nitrogens with one attached hydrogen (secondary N) is 1. The van der Waals surface area contributed by atoms with Crippen LogP contribution in [-0.2, 0) is 19.1 Å². The number of amides is 1. The van der Waals surface area contributed by atoms with Gasteiger partial charge in [0.15, 0.2) is 12.2 Å². The smallest absolute Gasteiger partial charge is 0.336 e. The molecule has 0 radical (unpaired) electrons. The molecule has 0 saturated carbocycles. The molecule has 1 fully saturated rings. The van der Waals surface area contributed by atoms with Crippen LogP contribution in [0.1, 0.15) is 25.3 Å². The van der Waals surface area contributed by atoms with Crippen LogP contribution in [0, 0.1) is 11.3 Å². The summed E-state index contributed by atoms with van der Waals surface area (Å²) in [4.78, 5) is 23.7. The first kappa shape index (κ1) is 15.0. The second-order valence-corrected chi connectivity index (χ2v) is 4.73. The van der Waals surface area contributed by atoms with Gasteiger partial charge in [0.1, 0.15) is 6.07 Å². The molecular weight excluding hydrogens is 272 g/mol. The van der Waals surface area contributed by atoms with Crippen molar-refractivity contribution >= 4 is 17.6 Å². The maximum atomic E-state index is 12.0. The summed E-state index contributed by atoms with van der Waals surface area (Å²) in [5.74, 6) is -1.01. The highest BCUT2D eigenvalue weighted by Gasteiger charge is 2.28. The third-order valence-corrected chi connectivity index (χ3v) is 3.16. The van der Waals surface area contributed by atoms with Gasteiger partial charge in [0, 0.05) is 6.61 Å². The first-order valence-corrected chi connectivity index (χ1v) is 6.74. The Morgan fingerprint density at radius 2 is 2.24 bits per heavy atom. The summed E-state index contributed by atoms with van der Waals surface area (Å²) < 4.78 is 10.3. The Labute approximate surface area is 122 Å². The zero-order valence-electron chi connectivity index (χ0n) is 11.7. The van der Waals surface area contributed by atoms with Gasteiger partial charge in [-0.25, -0.2) is 4.79 Å². The molecule has 1 heterocycles. The minimum atomic E-state index is -0.951. The van der Waals surface area contributed by atoms with E-state index in [1.807, 2.05) is 6.07 Å². The SMILES string of the molecule is C[C@H](OC(=O)[C@H]1CCCO1)C(=O)Nc1ccccc1C#N. The quantitative estimate of drug-likeness (QED) is 0.850. The van der Waals surface area contributed by atoms with E-state index < -0.39 is 24.1 Å². The molecule has 0 spiro atoms. The van der Waals surface area contributed by atoms with Crippen LogP contribution in [0.2, 0.25) is 0 Å². The van der Waals surface area contributed by atoms with E-state index in [0.29, 0.717) is 24.3 Å². The Balaban J connectivity index is 1.93. The number of nitrogens with zero attached hydrogens (tertiary/aromatic N) is 1. The molecule has 1 aliphatic heterocycles. The molecule has 2 atom stereocenters. The number of ether oxygens (including phenoxy) is 2. The minimum absolute atomic E-state index is 0.350. The molecule has 0 bridgehead atoms. The van der Waals surface area contributed by atoms with E-state index in [-0.39, 0.29) is 0 Å². The van der Waals surface area contributed by atoms with Gasteiger partial charge in [-0.15, -0.1) is 0 Å². The minimum Gasteiger partial charge on any atom is -0.451 e. The molecule has 1 saturated heterocycles. The van der Waals surface area contributed by atoms with E-state index in [9.17, 15) is 9.59 Å². The predicted octanol–water partition coefficient (Wildman–Crippen LogP) is 1.61. The number of esters is 1. The number of para-hydroxylation sites is 1. The highest BCUT2D eigenvalue weighted by atomic mass is 16.6. The van der Waals surface area contributed by atoms with E-state index in [1.54, 1.807) is 24.3 Å². The number of rotatable bonds is 4. The summed E-state index contributed by atoms with van der Waals surface area (Å²) in [6.07, 6.45) is -0.0968. The molecule has 21 heavy (non-hydrogen) atoms. The van der Waals surface area contributed by atoms with Crippen LogP contribution in [0.25, 0.3) is 0 Å². The first-order chi connectivity index (χ1) is 10.1. The molecule has 6 nitrogen and oxygen atoms in total. The summed E-state index contributed by atoms with van der Waals surface area (Å²) in [5, 5.41) is 11.5. The van der Waals surface area contributed by atoms with Crippen molar-refractivity contribution in [2.45, 2.75) is 32.0 Å². The van der Waals surface area contributed by atoms with Gasteiger partial charge in [-0.1, -0.05) is 12.1 Å². The van der Waals surface area contributed by atoms with Crippen LogP contribution < -0.4 is 5.32 Å². The van der Waals surface area contributed by atoms with E-state index >= 15 is 0 Å². The molecule has 1 aromatic carbocycles. The monoisotopic (exact) mass is 288 g/mol. The zero-order chi connectivity index (χ0) is 15.2. The lowest BCUT2D eigenvalue weighted by Gasteiger charge is -2.16. The van der Waals surface area contributed by atoms with Crippen molar-refractivity contribution < 1.29 is 19.1 Å². The van der Waals surface area contributed by atoms with Crippen LogP contribution in [0.3, 0.4) is 0 Å². The third-order valence-electron chi connectivity index (χ3n) is 3.16. The number of carbonyl (C=O) groups excluding carboxylic acids is 2. The van der Waals surface area contributed by atoms with Crippen molar-refractivity contribution in [1.29, 1.82) is 5.26 Å². The van der Waals surface area contributed by atoms with E-state index in [0.717, 1.165) is 6.42 Å². The van der Waals surface area contributed by atoms with Crippen molar-refractivity contribution in [2.75, 3.05) is 11.9 Å². The van der Waals surface area contributed by atoms with E-state index in [4.69, 9.17) is 14.7 Å². The van der Waals surface area contributed by atoms with Crippen molar-refractivity contribution in [3.8, 4) is 6.07 Å². The van der Waals surface area contributed by atoms with Crippen LogP contribution in [0.5, 0.6) is 0 Å². The lowest BCUT2D eigenvalue weighted by Crippen LogP contribution is -2.34. The average Bonchev–Trinajstić information content (AvgIpc) is 3.02. The predicted molar refractivity (Wildman–Crippen MR) is 74.3 cm³/mol. The lowest BCUT2D eigenvalue weighted by atomic mass is 10.2. The normalized spacial score (nSPS) is 18.6. The Hall–Kier alpha value is -2.39. The van der Waals surface area contributed by atoms with Gasteiger partial charge in [-0.3, -0.25) is 4.79 Å². The second-order valence-electron chi connectivity index (χ2n) is 4.73. The largest absolute Gasteiger partial charge is 0.451 e. The first-order valence-electron chi connectivity index (χ1n) is 6.74. The summed E-state index contributed by atoms with van der Waals surface area (Å²) >= 11 is 0. The van der Waals surface area contributed by atoms with Crippen LogP contribution >= 0.6 is 0 Å². The molecule has 0 aliphatic carbocycles. The van der Waals surface area contributed by atoms with Crippen molar-refractivity contribution in [2.24, 2.45) is 0 Å². The maximum absolute atomic E-state index is 12.0. The van der Waals surface area contributed by atoms with Crippen molar-refractivity contribution in [1.82, 2.24) is 0 Å². The van der Waals surface area contributed by atoms with Gasteiger partial charge < -0.3 is 14.8 Å². The molecule has 110 valence electrons. The van der Waals surface area contributed by atoms with Gasteiger partial charge in [0.05, 0.1) is 11.3 Å². The van der Waals surface area contributed by atoms with Gasteiger partial charge in [0.2, 0.25) is 0 Å². The molecule has 1 amide bonds. The van der Waals surface area contributed by atoms with Crippen molar-refractivity contribution in [3.05, 3.63) is 29.8 Å². The molecule has 0 unspecified atom stereocenters. The molecule has 6 heteroatoms. The van der Waals surface area contributed by atoms with E-state index in [2.05, 4.69) is 5.32 Å². The van der Waals surface area contributed by atoms with E-state index in [1.165, 1.54) is 6.92 Å². The van der Waals surface area contributed by atoms with Crippen LogP contribution in [0.15, 0.2) is 24.3 Å². The van der Waals surface area contributed by atoms with Crippen LogP contribution in [-0.4, -0.2) is 30.7 Å². The molecule has 1 aliphatic rings. The fourth-order valence-electron chi connectivity index (χ4n) is 1.99. The standard InChI is InChI=1S/C15H16N2O4/c1-10(21-15(19)13-7-4-8-20-13)14(18)17-12-6-3-2-5-11(12)9-16/h2-3,5-6,10,13H,4,7-8H2,1H3,(H,17,18)/t10-,13+/m0/s1. The summed E-state index contributed by atoms with van der Waals surface area (Å²) in [7, 11) is 0. The molecule has 1 N–H and O–H groups in total. The maximum Gasteiger partial charge on any atom is 0.336 e. The Morgan fingerprint density at radius 1 is 1.48 bits per heavy atom. The fourth-order valence-corrected chi connectivity index (χ4v) is 1.99. The lowest BCUT2D eigenvalue weighted by molar-refractivity contribution is -0.162. The number of nitriles is 1. The topological polar surface area (TPSA) is 88.4 Å². The molecule has 0 aromatic heterocycles. The highest BCUT2D eigenvalue weighted by Crippen LogP contribution is 2.16. The summed E-state index contributed by atoms with van der Waals surface area (Å²) in [6, 6.07) is 8.61. The van der Waals surface area contributed by atoms with Gasteiger partial charge in [-0.2, -0.15) is 5.26 Å². The Morgan fingerprint density at radius 3 is 2.90 bits per heavy atom. The second kappa shape index (κ2) is 6.86. The zero-order valence-corrected chi connectivity index (χ0v) is 11.7. The molecule has 2 rings (SSSR count). The number of hydrogen-bond donors (Lipinski definition) is 1. The van der Waals surface area contributed by atoms with Crippen LogP contribution in [0.4, 0.5) is 5.69 Å². The van der Waals surface area contributed by atoms with Crippen molar-refractivity contribution in [3.63, 3.8) is 0 Å². The third kappa shape index (κ3) is 3.80. The summed E-state index contributed by atoms with van der Waals surface area (Å²) in [5.41, 5.74) is 0.744. The molecule has 1 aromatic rings. The highest BCUT2D eigenvalue weighted by molar-refractivity contribution is 5.96. The number of carbonyl (C=O) groups is 2. The average molecular weight is 288 g/mol. The number of hydrogen-bond acceptors (Lipinski definition) is 5. The number of anilines is 1. The fraction of sp³-hybridized carbons (Fsp3) is 0.400. The van der Waals surface area contributed by atoms with Gasteiger partial charge in [-0.05, 0) is 31.9 Å². The summed E-state index contributed by atoms with van der Waals surface area (Å²) in [6.45, 7) is 2.02. The van der Waals surface area contributed by atoms with Gasteiger partial charge in [0.25, 0.3) is 5.91 Å². The molecular formula is C15H16N2O4. The van der Waals surface area contributed by atoms with Gasteiger partial charge >= 0.3 is 5.97 Å². The number of benzene rings is 1. The Bertz CT molecular complexity index is 573. The Kier molecular flexibility index (Phi) is 4.90.